The monoisotopic (exact) mass is 457 g/mol. The van der Waals surface area contributed by atoms with E-state index in [4.69, 9.17) is 11.6 Å². The number of hydrogen-bond donors (Lipinski definition) is 3. The van der Waals surface area contributed by atoms with Gasteiger partial charge in [0.05, 0.1) is 11.8 Å². The largest absolute Gasteiger partial charge is 0.342 e. The van der Waals surface area contributed by atoms with Crippen LogP contribution in [0.5, 0.6) is 0 Å². The maximum absolute atomic E-state index is 12.5. The number of H-pyrrole nitrogens is 1. The number of nitrogens with zero attached hydrogens (tertiary/aromatic N) is 2. The molecule has 0 radical (unpaired) electrons. The first kappa shape index (κ1) is 22.8. The number of aryl methyl sites for hydroxylation is 1. The topological polar surface area (TPSA) is 99.8 Å². The Morgan fingerprint density at radius 1 is 1.16 bits per heavy atom. The molecule has 0 saturated carbocycles. The molecule has 0 aliphatic heterocycles. The van der Waals surface area contributed by atoms with E-state index in [1.165, 1.54) is 11.8 Å². The summed E-state index contributed by atoms with van der Waals surface area (Å²) >= 11 is 7.21. The summed E-state index contributed by atoms with van der Waals surface area (Å²) in [5.41, 5.74) is 2.18. The van der Waals surface area contributed by atoms with Crippen LogP contribution < -0.4 is 10.6 Å². The minimum absolute atomic E-state index is 0.0903. The molecule has 1 heterocycles. The summed E-state index contributed by atoms with van der Waals surface area (Å²) in [6, 6.07) is 14.0. The van der Waals surface area contributed by atoms with Gasteiger partial charge in [-0.1, -0.05) is 61.5 Å². The molecule has 0 saturated heterocycles. The molecule has 0 spiro atoms. The highest BCUT2D eigenvalue weighted by atomic mass is 35.5. The number of hydrogen-bond acceptors (Lipinski definition) is 5. The highest BCUT2D eigenvalue weighted by Crippen LogP contribution is 2.23. The number of anilines is 1. The number of carbonyl (C=O) groups excluding carboxylic acids is 2. The van der Waals surface area contributed by atoms with E-state index >= 15 is 0 Å². The lowest BCUT2D eigenvalue weighted by Gasteiger charge is -2.19. The van der Waals surface area contributed by atoms with Crippen LogP contribution in [0, 0.1) is 12.8 Å². The number of carbonyl (C=O) groups is 2. The SMILES string of the molecule is Cc1ccc(Cl)cc1NC(=O)CSc1n[nH]c(C(NC(=O)c2ccccc2)C(C)C)n1. The Morgan fingerprint density at radius 3 is 2.61 bits per heavy atom. The fraction of sp³-hybridized carbons (Fsp3) is 0.273. The number of amides is 2. The predicted molar refractivity (Wildman–Crippen MR) is 123 cm³/mol. The van der Waals surface area contributed by atoms with E-state index in [0.717, 1.165) is 5.56 Å². The Balaban J connectivity index is 1.60. The second-order valence-corrected chi connectivity index (χ2v) is 8.74. The van der Waals surface area contributed by atoms with Crippen molar-refractivity contribution in [1.29, 1.82) is 0 Å². The van der Waals surface area contributed by atoms with Crippen molar-refractivity contribution < 1.29 is 9.59 Å². The molecule has 2 amide bonds. The molecular formula is C22H24ClN5O2S. The lowest BCUT2D eigenvalue weighted by Crippen LogP contribution is -2.32. The number of aromatic amines is 1. The number of halogens is 1. The fourth-order valence-corrected chi connectivity index (χ4v) is 3.65. The molecule has 0 bridgehead atoms. The summed E-state index contributed by atoms with van der Waals surface area (Å²) in [7, 11) is 0. The lowest BCUT2D eigenvalue weighted by molar-refractivity contribution is -0.113. The van der Waals surface area contributed by atoms with Crippen LogP contribution >= 0.6 is 23.4 Å². The number of nitrogens with one attached hydrogen (secondary N) is 3. The Labute approximate surface area is 190 Å². The predicted octanol–water partition coefficient (Wildman–Crippen LogP) is 4.62. The van der Waals surface area contributed by atoms with Crippen LogP contribution in [0.15, 0.2) is 53.7 Å². The first-order valence-electron chi connectivity index (χ1n) is 9.80. The van der Waals surface area contributed by atoms with Gasteiger partial charge in [-0.3, -0.25) is 14.7 Å². The average molecular weight is 458 g/mol. The van der Waals surface area contributed by atoms with Crippen LogP contribution in [0.4, 0.5) is 5.69 Å². The molecule has 0 aliphatic rings. The molecule has 9 heteroatoms. The Bertz CT molecular complexity index is 1060. The summed E-state index contributed by atoms with van der Waals surface area (Å²) in [4.78, 5) is 29.3. The third-order valence-electron chi connectivity index (χ3n) is 4.57. The van der Waals surface area contributed by atoms with Crippen LogP contribution in [0.2, 0.25) is 5.02 Å². The lowest BCUT2D eigenvalue weighted by atomic mass is 10.0. The quantitative estimate of drug-likeness (QED) is 0.428. The van der Waals surface area contributed by atoms with Crippen LogP contribution in [0.1, 0.15) is 41.6 Å². The van der Waals surface area contributed by atoms with Gasteiger partial charge in [0.25, 0.3) is 5.91 Å². The zero-order valence-electron chi connectivity index (χ0n) is 17.5. The van der Waals surface area contributed by atoms with Gasteiger partial charge in [0.15, 0.2) is 0 Å². The first-order chi connectivity index (χ1) is 14.8. The molecule has 1 unspecified atom stereocenters. The van der Waals surface area contributed by atoms with Crippen molar-refractivity contribution >= 4 is 40.9 Å². The van der Waals surface area contributed by atoms with E-state index in [0.29, 0.717) is 27.3 Å². The number of thioether (sulfide) groups is 1. The third kappa shape index (κ3) is 6.32. The van der Waals surface area contributed by atoms with Crippen molar-refractivity contribution in [2.45, 2.75) is 32.0 Å². The first-order valence-corrected chi connectivity index (χ1v) is 11.2. The second-order valence-electron chi connectivity index (χ2n) is 7.36. The number of rotatable bonds is 8. The summed E-state index contributed by atoms with van der Waals surface area (Å²) in [5, 5.41) is 13.9. The van der Waals surface area contributed by atoms with Gasteiger partial charge in [-0.05, 0) is 42.7 Å². The second kappa shape index (κ2) is 10.5. The van der Waals surface area contributed by atoms with Crippen LogP contribution in [0.25, 0.3) is 0 Å². The van der Waals surface area contributed by atoms with Crippen LogP contribution in [-0.4, -0.2) is 32.7 Å². The van der Waals surface area contributed by atoms with Gasteiger partial charge in [0.2, 0.25) is 11.1 Å². The van der Waals surface area contributed by atoms with Crippen molar-refractivity contribution in [3.63, 3.8) is 0 Å². The molecule has 162 valence electrons. The Morgan fingerprint density at radius 2 is 1.90 bits per heavy atom. The van der Waals surface area contributed by atoms with E-state index in [1.54, 1.807) is 24.3 Å². The zero-order chi connectivity index (χ0) is 22.4. The highest BCUT2D eigenvalue weighted by Gasteiger charge is 2.23. The van der Waals surface area contributed by atoms with Crippen LogP contribution in [-0.2, 0) is 4.79 Å². The number of benzene rings is 2. The van der Waals surface area contributed by atoms with Gasteiger partial charge in [0.1, 0.15) is 5.82 Å². The minimum atomic E-state index is -0.336. The van der Waals surface area contributed by atoms with Gasteiger partial charge in [-0.2, -0.15) is 0 Å². The smallest absolute Gasteiger partial charge is 0.251 e. The normalized spacial score (nSPS) is 11.9. The van der Waals surface area contributed by atoms with E-state index < -0.39 is 0 Å². The highest BCUT2D eigenvalue weighted by molar-refractivity contribution is 7.99. The van der Waals surface area contributed by atoms with Gasteiger partial charge in [-0.15, -0.1) is 5.10 Å². The van der Waals surface area contributed by atoms with Crippen molar-refractivity contribution in [3.05, 3.63) is 70.5 Å². The van der Waals surface area contributed by atoms with Gasteiger partial charge in [0, 0.05) is 16.3 Å². The Hall–Kier alpha value is -2.84. The molecule has 3 N–H and O–H groups in total. The molecule has 3 rings (SSSR count). The summed E-state index contributed by atoms with van der Waals surface area (Å²) < 4.78 is 0. The molecule has 31 heavy (non-hydrogen) atoms. The fourth-order valence-electron chi connectivity index (χ4n) is 2.87. The molecule has 0 fully saturated rings. The van der Waals surface area contributed by atoms with Gasteiger partial charge >= 0.3 is 0 Å². The maximum Gasteiger partial charge on any atom is 0.251 e. The van der Waals surface area contributed by atoms with Crippen molar-refractivity contribution in [2.24, 2.45) is 5.92 Å². The van der Waals surface area contributed by atoms with Crippen molar-refractivity contribution in [3.8, 4) is 0 Å². The minimum Gasteiger partial charge on any atom is -0.342 e. The van der Waals surface area contributed by atoms with Gasteiger partial charge < -0.3 is 10.6 Å². The average Bonchev–Trinajstić information content (AvgIpc) is 3.22. The van der Waals surface area contributed by atoms with Gasteiger partial charge in [-0.25, -0.2) is 4.98 Å². The Kier molecular flexibility index (Phi) is 7.70. The van der Waals surface area contributed by atoms with Crippen LogP contribution in [0.3, 0.4) is 0 Å². The zero-order valence-corrected chi connectivity index (χ0v) is 19.1. The molecule has 7 nitrogen and oxygen atoms in total. The van der Waals surface area contributed by atoms with E-state index in [2.05, 4.69) is 25.8 Å². The van der Waals surface area contributed by atoms with E-state index in [1.807, 2.05) is 45.0 Å². The standard InChI is InChI=1S/C22H24ClN5O2S/c1-13(2)19(25-21(30)15-7-5-4-6-8-15)20-26-22(28-27-20)31-12-18(29)24-17-11-16(23)10-9-14(17)3/h4-11,13,19H,12H2,1-3H3,(H,24,29)(H,25,30)(H,26,27,28). The van der Waals surface area contributed by atoms with Crippen molar-refractivity contribution in [2.75, 3.05) is 11.1 Å². The van der Waals surface area contributed by atoms with E-state index in [-0.39, 0.29) is 29.5 Å². The summed E-state index contributed by atoms with van der Waals surface area (Å²) in [6.07, 6.45) is 0. The molecule has 3 aromatic rings. The summed E-state index contributed by atoms with van der Waals surface area (Å²) in [5.74, 6) is 0.424. The van der Waals surface area contributed by atoms with Crippen molar-refractivity contribution in [1.82, 2.24) is 20.5 Å². The molecular weight excluding hydrogens is 434 g/mol. The number of aromatic nitrogens is 3. The third-order valence-corrected chi connectivity index (χ3v) is 5.65. The summed E-state index contributed by atoms with van der Waals surface area (Å²) in [6.45, 7) is 5.88. The maximum atomic E-state index is 12.5. The molecule has 1 atom stereocenters. The van der Waals surface area contributed by atoms with E-state index in [9.17, 15) is 9.59 Å². The molecule has 1 aromatic heterocycles. The molecule has 0 aliphatic carbocycles. The molecule has 2 aromatic carbocycles.